The fourth-order valence-electron chi connectivity index (χ4n) is 1.69. The maximum Gasteiger partial charge on any atom is -0.0270 e. The summed E-state index contributed by atoms with van der Waals surface area (Å²) in [6.45, 7) is 16.1. The van der Waals surface area contributed by atoms with Crippen LogP contribution in [-0.2, 0) is 0 Å². The topological polar surface area (TPSA) is 0 Å². The Labute approximate surface area is 83.0 Å². The third-order valence-corrected chi connectivity index (χ3v) is 2.25. The average Bonchev–Trinajstić information content (AvgIpc) is 2.55. The van der Waals surface area contributed by atoms with Gasteiger partial charge in [0, 0.05) is 0 Å². The van der Waals surface area contributed by atoms with Crippen molar-refractivity contribution < 1.29 is 0 Å². The fraction of sp³-hybridized carbons (Fsp3) is 0.538. The zero-order chi connectivity index (χ0) is 10.4. The molecule has 0 aromatic heterocycles. The van der Waals surface area contributed by atoms with E-state index in [1.165, 1.54) is 41.6 Å². The van der Waals surface area contributed by atoms with Crippen LogP contribution in [0.3, 0.4) is 0 Å². The minimum Gasteiger partial charge on any atom is -0.0958 e. The Bertz CT molecular complexity index is 204. The van der Waals surface area contributed by atoms with Crippen LogP contribution in [-0.4, -0.2) is 0 Å². The number of allylic oxidation sites excluding steroid dienone is 4. The molecule has 0 heterocycles. The highest BCUT2D eigenvalue weighted by atomic mass is 14.2. The second-order valence-corrected chi connectivity index (χ2v) is 3.37. The minimum absolute atomic E-state index is 1.21. The summed E-state index contributed by atoms with van der Waals surface area (Å²) in [6.07, 6.45) is 3.69. The van der Waals surface area contributed by atoms with Gasteiger partial charge in [-0.15, -0.1) is 0 Å². The van der Waals surface area contributed by atoms with Crippen molar-refractivity contribution in [2.24, 2.45) is 0 Å². The van der Waals surface area contributed by atoms with Gasteiger partial charge in [0.1, 0.15) is 0 Å². The number of hydrogen-bond donors (Lipinski definition) is 0. The first kappa shape index (κ1) is 12.2. The molecule has 1 aliphatic rings. The first-order valence-corrected chi connectivity index (χ1v) is 5.16. The maximum absolute atomic E-state index is 3.97. The highest BCUT2D eigenvalue weighted by molar-refractivity contribution is 5.43. The molecule has 0 atom stereocenters. The molecule has 0 bridgehead atoms. The monoisotopic (exact) mass is 178 g/mol. The van der Waals surface area contributed by atoms with Crippen LogP contribution in [0.5, 0.6) is 0 Å². The summed E-state index contributed by atoms with van der Waals surface area (Å²) in [5.41, 5.74) is 5.36. The fourth-order valence-corrected chi connectivity index (χ4v) is 1.69. The summed E-state index contributed by atoms with van der Waals surface area (Å²) >= 11 is 0. The highest BCUT2D eigenvalue weighted by Gasteiger charge is 2.14. The molecule has 0 saturated carbocycles. The lowest BCUT2D eigenvalue weighted by molar-refractivity contribution is 0.897. The largest absolute Gasteiger partial charge is 0.0958 e. The molecule has 1 rings (SSSR count). The van der Waals surface area contributed by atoms with Gasteiger partial charge < -0.3 is 0 Å². The first-order valence-electron chi connectivity index (χ1n) is 5.16. The van der Waals surface area contributed by atoms with Crippen LogP contribution in [0.15, 0.2) is 35.5 Å². The molecule has 0 nitrogen and oxygen atoms in total. The van der Waals surface area contributed by atoms with E-state index in [9.17, 15) is 0 Å². The van der Waals surface area contributed by atoms with Gasteiger partial charge in [-0.2, -0.15) is 0 Å². The third-order valence-electron chi connectivity index (χ3n) is 2.25. The van der Waals surface area contributed by atoms with E-state index >= 15 is 0 Å². The van der Waals surface area contributed by atoms with Crippen molar-refractivity contribution in [3.8, 4) is 0 Å². The summed E-state index contributed by atoms with van der Waals surface area (Å²) in [6, 6.07) is 0. The predicted octanol–water partition coefficient (Wildman–Crippen LogP) is 4.65. The van der Waals surface area contributed by atoms with E-state index < -0.39 is 0 Å². The summed E-state index contributed by atoms with van der Waals surface area (Å²) in [5.74, 6) is 0. The van der Waals surface area contributed by atoms with E-state index in [1.54, 1.807) is 0 Å². The van der Waals surface area contributed by atoms with Gasteiger partial charge in [0.05, 0.1) is 0 Å². The third kappa shape index (κ3) is 3.22. The molecule has 0 N–H and O–H groups in total. The van der Waals surface area contributed by atoms with Crippen molar-refractivity contribution in [2.45, 2.75) is 47.0 Å². The molecule has 0 heteroatoms. The lowest BCUT2D eigenvalue weighted by atomic mass is 10.0. The second-order valence-electron chi connectivity index (χ2n) is 3.37. The molecular weight excluding hydrogens is 156 g/mol. The Hall–Kier alpha value is -0.780. The normalized spacial score (nSPS) is 15.1. The Balaban J connectivity index is 0.000000671. The Morgan fingerprint density at radius 1 is 0.923 bits per heavy atom. The molecule has 13 heavy (non-hydrogen) atoms. The smallest absolute Gasteiger partial charge is 0.0270 e. The summed E-state index contributed by atoms with van der Waals surface area (Å²) in [7, 11) is 0. The molecule has 0 unspecified atom stereocenters. The first-order chi connectivity index (χ1) is 6.13. The Morgan fingerprint density at radius 2 is 1.23 bits per heavy atom. The van der Waals surface area contributed by atoms with E-state index in [2.05, 4.69) is 27.0 Å². The van der Waals surface area contributed by atoms with Crippen molar-refractivity contribution >= 4 is 0 Å². The zero-order valence-corrected chi connectivity index (χ0v) is 9.54. The molecule has 0 spiro atoms. The van der Waals surface area contributed by atoms with Crippen molar-refractivity contribution in [3.05, 3.63) is 35.5 Å². The quantitative estimate of drug-likeness (QED) is 0.577. The van der Waals surface area contributed by atoms with Gasteiger partial charge in [0.2, 0.25) is 0 Å². The Morgan fingerprint density at radius 3 is 1.46 bits per heavy atom. The van der Waals surface area contributed by atoms with Crippen LogP contribution in [0.25, 0.3) is 0 Å². The number of rotatable bonds is 2. The van der Waals surface area contributed by atoms with E-state index in [-0.39, 0.29) is 0 Å². The molecule has 1 aliphatic carbocycles. The standard InChI is InChI=1S/C11H16.C2H6/c1-8(2)10-6-5-7-11(10)9(3)4;1-2/h1,3,5-7H2,2,4H3;1-2H3. The van der Waals surface area contributed by atoms with Crippen LogP contribution in [0.2, 0.25) is 0 Å². The van der Waals surface area contributed by atoms with Crippen LogP contribution in [0, 0.1) is 0 Å². The van der Waals surface area contributed by atoms with Gasteiger partial charge in [-0.3, -0.25) is 0 Å². The molecular formula is C13H22. The van der Waals surface area contributed by atoms with Gasteiger partial charge in [0.15, 0.2) is 0 Å². The average molecular weight is 178 g/mol. The molecule has 0 aromatic rings. The van der Waals surface area contributed by atoms with Crippen LogP contribution in [0.4, 0.5) is 0 Å². The SMILES string of the molecule is C=C(C)C1=C(C(=C)C)CCC1.CC. The van der Waals surface area contributed by atoms with Crippen molar-refractivity contribution in [1.82, 2.24) is 0 Å². The lowest BCUT2D eigenvalue weighted by Crippen LogP contribution is -1.85. The van der Waals surface area contributed by atoms with E-state index in [0.717, 1.165) is 0 Å². The molecule has 0 amide bonds. The maximum atomic E-state index is 3.97. The lowest BCUT2D eigenvalue weighted by Gasteiger charge is -2.05. The van der Waals surface area contributed by atoms with E-state index in [0.29, 0.717) is 0 Å². The second kappa shape index (κ2) is 5.80. The molecule has 0 aromatic carbocycles. The molecule has 0 fully saturated rings. The van der Waals surface area contributed by atoms with Gasteiger partial charge in [-0.1, -0.05) is 38.2 Å². The summed E-state index contributed by atoms with van der Waals surface area (Å²) in [4.78, 5) is 0. The Kier molecular flexibility index (Phi) is 5.45. The molecule has 0 saturated heterocycles. The van der Waals surface area contributed by atoms with Crippen LogP contribution in [0.1, 0.15) is 47.0 Å². The van der Waals surface area contributed by atoms with Gasteiger partial charge in [-0.05, 0) is 44.3 Å². The zero-order valence-electron chi connectivity index (χ0n) is 9.54. The minimum atomic E-state index is 1.21. The van der Waals surface area contributed by atoms with Crippen molar-refractivity contribution in [2.75, 3.05) is 0 Å². The van der Waals surface area contributed by atoms with Crippen LogP contribution < -0.4 is 0 Å². The molecule has 74 valence electrons. The van der Waals surface area contributed by atoms with Gasteiger partial charge >= 0.3 is 0 Å². The van der Waals surface area contributed by atoms with Crippen molar-refractivity contribution in [3.63, 3.8) is 0 Å². The predicted molar refractivity (Wildman–Crippen MR) is 61.9 cm³/mol. The molecule has 0 aliphatic heterocycles. The molecule has 0 radical (unpaired) electrons. The van der Waals surface area contributed by atoms with Crippen LogP contribution >= 0.6 is 0 Å². The number of hydrogen-bond acceptors (Lipinski definition) is 0. The summed E-state index contributed by atoms with van der Waals surface area (Å²) in [5, 5.41) is 0. The van der Waals surface area contributed by atoms with E-state index in [4.69, 9.17) is 0 Å². The summed E-state index contributed by atoms with van der Waals surface area (Å²) < 4.78 is 0. The van der Waals surface area contributed by atoms with E-state index in [1.807, 2.05) is 13.8 Å². The van der Waals surface area contributed by atoms with Gasteiger partial charge in [0.25, 0.3) is 0 Å². The van der Waals surface area contributed by atoms with Gasteiger partial charge in [-0.25, -0.2) is 0 Å². The van der Waals surface area contributed by atoms with Crippen molar-refractivity contribution in [1.29, 1.82) is 0 Å². The highest BCUT2D eigenvalue weighted by Crippen LogP contribution is 2.33.